The van der Waals surface area contributed by atoms with Gasteiger partial charge < -0.3 is 9.47 Å². The smallest absolute Gasteiger partial charge is 0.282 e. The number of nitrogens with zero attached hydrogens (tertiary/aromatic N) is 1. The molecular formula is C21H17ClN2O4. The van der Waals surface area contributed by atoms with Crippen LogP contribution in [-0.4, -0.2) is 25.0 Å². The summed E-state index contributed by atoms with van der Waals surface area (Å²) in [5.74, 6) is 2.10. The molecule has 0 spiro atoms. The molecule has 0 atom stereocenters. The fourth-order valence-electron chi connectivity index (χ4n) is 2.67. The van der Waals surface area contributed by atoms with Gasteiger partial charge >= 0.3 is 0 Å². The summed E-state index contributed by atoms with van der Waals surface area (Å²) in [5.41, 5.74) is 3.62. The van der Waals surface area contributed by atoms with Gasteiger partial charge in [-0.25, -0.2) is 5.01 Å². The molecule has 1 saturated heterocycles. The Labute approximate surface area is 167 Å². The topological polar surface area (TPSA) is 67.9 Å². The van der Waals surface area contributed by atoms with E-state index >= 15 is 0 Å². The van der Waals surface area contributed by atoms with Gasteiger partial charge in [0.1, 0.15) is 12.2 Å². The van der Waals surface area contributed by atoms with Crippen molar-refractivity contribution in [3.05, 3.63) is 58.6 Å². The van der Waals surface area contributed by atoms with Gasteiger partial charge in [-0.3, -0.25) is 15.0 Å². The van der Waals surface area contributed by atoms with Crippen molar-refractivity contribution in [1.29, 1.82) is 0 Å². The zero-order valence-electron chi connectivity index (χ0n) is 15.1. The third-order valence-electron chi connectivity index (χ3n) is 3.85. The summed E-state index contributed by atoms with van der Waals surface area (Å²) in [7, 11) is 0. The molecule has 1 heterocycles. The van der Waals surface area contributed by atoms with Gasteiger partial charge in [-0.05, 0) is 42.8 Å². The van der Waals surface area contributed by atoms with Crippen LogP contribution < -0.4 is 19.9 Å². The van der Waals surface area contributed by atoms with Gasteiger partial charge in [-0.2, -0.15) is 0 Å². The monoisotopic (exact) mass is 396 g/mol. The SMILES string of the molecule is C#CCOc1c(Cl)cc(C=C2C(=O)NN(c3ccccc3)C2=O)cc1OCC. The highest BCUT2D eigenvalue weighted by Gasteiger charge is 2.34. The number of terminal acetylenes is 1. The van der Waals surface area contributed by atoms with Crippen molar-refractivity contribution >= 4 is 35.2 Å². The van der Waals surface area contributed by atoms with Gasteiger partial charge in [0.25, 0.3) is 11.8 Å². The Bertz CT molecular complexity index is 980. The van der Waals surface area contributed by atoms with Crippen molar-refractivity contribution in [1.82, 2.24) is 5.43 Å². The predicted octanol–water partition coefficient (Wildman–Crippen LogP) is 3.21. The molecule has 0 aliphatic carbocycles. The highest BCUT2D eigenvalue weighted by Crippen LogP contribution is 2.37. The molecule has 1 aliphatic heterocycles. The minimum Gasteiger partial charge on any atom is -0.490 e. The summed E-state index contributed by atoms with van der Waals surface area (Å²) < 4.78 is 11.0. The summed E-state index contributed by atoms with van der Waals surface area (Å²) >= 11 is 6.29. The Morgan fingerprint density at radius 2 is 1.96 bits per heavy atom. The number of hydrogen-bond acceptors (Lipinski definition) is 4. The Kier molecular flexibility index (Phi) is 5.87. The first-order valence-corrected chi connectivity index (χ1v) is 8.87. The number of amides is 2. The number of carbonyl (C=O) groups excluding carboxylic acids is 2. The van der Waals surface area contributed by atoms with E-state index in [4.69, 9.17) is 27.5 Å². The van der Waals surface area contributed by atoms with E-state index in [0.29, 0.717) is 29.4 Å². The minimum absolute atomic E-state index is 0.0142. The molecule has 7 heteroatoms. The first-order valence-electron chi connectivity index (χ1n) is 8.50. The second-order valence-electron chi connectivity index (χ2n) is 5.73. The van der Waals surface area contributed by atoms with Crippen LogP contribution in [0.25, 0.3) is 6.08 Å². The number of halogens is 1. The molecule has 2 amide bonds. The molecule has 28 heavy (non-hydrogen) atoms. The Hall–Kier alpha value is -3.43. The quantitative estimate of drug-likeness (QED) is 0.462. The van der Waals surface area contributed by atoms with E-state index in [1.54, 1.807) is 36.4 Å². The predicted molar refractivity (Wildman–Crippen MR) is 107 cm³/mol. The Morgan fingerprint density at radius 1 is 1.21 bits per heavy atom. The average molecular weight is 397 g/mol. The van der Waals surface area contributed by atoms with Crippen molar-refractivity contribution in [3.8, 4) is 23.8 Å². The molecule has 142 valence electrons. The molecule has 0 aromatic heterocycles. The van der Waals surface area contributed by atoms with Crippen LogP contribution in [0.15, 0.2) is 48.0 Å². The Balaban J connectivity index is 1.95. The Morgan fingerprint density at radius 3 is 2.64 bits per heavy atom. The van der Waals surface area contributed by atoms with E-state index in [0.717, 1.165) is 0 Å². The fourth-order valence-corrected chi connectivity index (χ4v) is 2.94. The highest BCUT2D eigenvalue weighted by atomic mass is 35.5. The lowest BCUT2D eigenvalue weighted by Gasteiger charge is -2.14. The van der Waals surface area contributed by atoms with Crippen LogP contribution in [0, 0.1) is 12.3 Å². The highest BCUT2D eigenvalue weighted by molar-refractivity contribution is 6.33. The van der Waals surface area contributed by atoms with Crippen LogP contribution in [0.2, 0.25) is 5.02 Å². The molecule has 1 fully saturated rings. The molecule has 0 bridgehead atoms. The first kappa shape index (κ1) is 19.3. The van der Waals surface area contributed by atoms with E-state index in [1.165, 1.54) is 11.1 Å². The second-order valence-corrected chi connectivity index (χ2v) is 6.14. The molecule has 3 rings (SSSR count). The molecular weight excluding hydrogens is 380 g/mol. The summed E-state index contributed by atoms with van der Waals surface area (Å²) in [4.78, 5) is 25.0. The van der Waals surface area contributed by atoms with Crippen molar-refractivity contribution < 1.29 is 19.1 Å². The van der Waals surface area contributed by atoms with Gasteiger partial charge in [0.15, 0.2) is 11.5 Å². The fraction of sp³-hybridized carbons (Fsp3) is 0.143. The van der Waals surface area contributed by atoms with E-state index in [2.05, 4.69) is 11.3 Å². The first-order chi connectivity index (χ1) is 13.5. The molecule has 0 saturated carbocycles. The number of nitrogens with one attached hydrogen (secondary N) is 1. The van der Waals surface area contributed by atoms with Gasteiger partial charge in [-0.15, -0.1) is 6.42 Å². The maximum Gasteiger partial charge on any atom is 0.282 e. The third kappa shape index (κ3) is 3.95. The van der Waals surface area contributed by atoms with E-state index in [9.17, 15) is 9.59 Å². The molecule has 6 nitrogen and oxygen atoms in total. The molecule has 0 radical (unpaired) electrons. The number of hydrazine groups is 1. The van der Waals surface area contributed by atoms with Crippen molar-refractivity contribution in [3.63, 3.8) is 0 Å². The normalized spacial score (nSPS) is 14.8. The summed E-state index contributed by atoms with van der Waals surface area (Å²) in [5, 5.41) is 1.46. The number of rotatable bonds is 6. The maximum absolute atomic E-state index is 12.7. The molecule has 1 N–H and O–H groups in total. The lowest BCUT2D eigenvalue weighted by molar-refractivity contribution is -0.117. The zero-order valence-corrected chi connectivity index (χ0v) is 15.8. The molecule has 2 aromatic rings. The van der Waals surface area contributed by atoms with Gasteiger partial charge in [0.2, 0.25) is 0 Å². The standard InChI is InChI=1S/C21H17ClN2O4/c1-3-10-28-19-17(22)12-14(13-18(19)27-4-2)11-16-20(25)23-24(21(16)26)15-8-6-5-7-9-15/h1,5-9,11-13H,4,10H2,2H3,(H,23,25). The van der Waals surface area contributed by atoms with Crippen molar-refractivity contribution in [2.75, 3.05) is 18.2 Å². The summed E-state index contributed by atoms with van der Waals surface area (Å²) in [6.07, 6.45) is 6.68. The third-order valence-corrected chi connectivity index (χ3v) is 4.13. The van der Waals surface area contributed by atoms with Crippen molar-refractivity contribution in [2.45, 2.75) is 6.92 Å². The van der Waals surface area contributed by atoms with Crippen LogP contribution in [0.5, 0.6) is 11.5 Å². The minimum atomic E-state index is -0.504. The number of anilines is 1. The second kappa shape index (κ2) is 8.51. The zero-order chi connectivity index (χ0) is 20.1. The van der Waals surface area contributed by atoms with Crippen molar-refractivity contribution in [2.24, 2.45) is 0 Å². The molecule has 1 aliphatic rings. The number of carbonyl (C=O) groups is 2. The number of para-hydroxylation sites is 1. The number of ether oxygens (including phenoxy) is 2. The largest absolute Gasteiger partial charge is 0.490 e. The summed E-state index contributed by atoms with van der Waals surface area (Å²) in [6.45, 7) is 2.23. The van der Waals surface area contributed by atoms with Gasteiger partial charge in [0.05, 0.1) is 17.3 Å². The molecule has 0 unspecified atom stereocenters. The van der Waals surface area contributed by atoms with Crippen LogP contribution in [-0.2, 0) is 9.59 Å². The van der Waals surface area contributed by atoms with Gasteiger partial charge in [-0.1, -0.05) is 35.7 Å². The van der Waals surface area contributed by atoms with Crippen LogP contribution in [0.3, 0.4) is 0 Å². The van der Waals surface area contributed by atoms with E-state index in [-0.39, 0.29) is 17.2 Å². The average Bonchev–Trinajstić information content (AvgIpc) is 2.96. The summed E-state index contributed by atoms with van der Waals surface area (Å²) in [6, 6.07) is 12.0. The maximum atomic E-state index is 12.7. The van der Waals surface area contributed by atoms with Crippen LogP contribution in [0.4, 0.5) is 5.69 Å². The van der Waals surface area contributed by atoms with E-state index in [1.807, 2.05) is 13.0 Å². The number of benzene rings is 2. The van der Waals surface area contributed by atoms with Crippen LogP contribution >= 0.6 is 11.6 Å². The lowest BCUT2D eigenvalue weighted by atomic mass is 10.1. The number of hydrogen-bond donors (Lipinski definition) is 1. The lowest BCUT2D eigenvalue weighted by Crippen LogP contribution is -2.35. The van der Waals surface area contributed by atoms with Crippen LogP contribution in [0.1, 0.15) is 12.5 Å². The molecule has 2 aromatic carbocycles. The van der Waals surface area contributed by atoms with Gasteiger partial charge in [0, 0.05) is 0 Å². The van der Waals surface area contributed by atoms with E-state index < -0.39 is 11.8 Å².